The number of hydrogen-bond acceptors (Lipinski definition) is 2. The molecule has 1 aromatic carbocycles. The Morgan fingerprint density at radius 2 is 2.21 bits per heavy atom. The number of anilines is 1. The summed E-state index contributed by atoms with van der Waals surface area (Å²) in [5.74, 6) is -0.0712. The third-order valence-electron chi connectivity index (χ3n) is 2.09. The Morgan fingerprint density at radius 3 is 2.93 bits per heavy atom. The predicted octanol–water partition coefficient (Wildman–Crippen LogP) is 2.70. The van der Waals surface area contributed by atoms with Gasteiger partial charge in [-0.3, -0.25) is 4.79 Å². The lowest BCUT2D eigenvalue weighted by molar-refractivity contribution is -0.114. The molecule has 72 valence electrons. The Hall–Kier alpha value is -1.77. The summed E-state index contributed by atoms with van der Waals surface area (Å²) in [7, 11) is 0. The van der Waals surface area contributed by atoms with Gasteiger partial charge in [-0.25, -0.2) is 0 Å². The van der Waals surface area contributed by atoms with E-state index >= 15 is 0 Å². The molecule has 0 aliphatic rings. The molecule has 0 saturated heterocycles. The molecule has 0 bridgehead atoms. The van der Waals surface area contributed by atoms with Crippen LogP contribution in [-0.4, -0.2) is 5.91 Å². The van der Waals surface area contributed by atoms with Crippen LogP contribution in [0.15, 0.2) is 28.9 Å². The van der Waals surface area contributed by atoms with Crippen LogP contribution in [-0.2, 0) is 4.79 Å². The SMILES string of the molecule is CC(=O)Nc1cccc2occ(C)c12. The lowest BCUT2D eigenvalue weighted by atomic mass is 10.1. The van der Waals surface area contributed by atoms with Crippen molar-refractivity contribution in [1.82, 2.24) is 0 Å². The number of fused-ring (bicyclic) bond motifs is 1. The minimum absolute atomic E-state index is 0.0712. The minimum Gasteiger partial charge on any atom is -0.464 e. The average Bonchev–Trinajstić information content (AvgIpc) is 2.48. The van der Waals surface area contributed by atoms with E-state index in [0.29, 0.717) is 0 Å². The zero-order valence-electron chi connectivity index (χ0n) is 8.13. The number of amides is 1. The summed E-state index contributed by atoms with van der Waals surface area (Å²) in [5, 5.41) is 3.75. The molecule has 0 atom stereocenters. The summed E-state index contributed by atoms with van der Waals surface area (Å²) < 4.78 is 5.32. The summed E-state index contributed by atoms with van der Waals surface area (Å²) in [4.78, 5) is 10.9. The fourth-order valence-corrected chi connectivity index (χ4v) is 1.54. The number of carbonyl (C=O) groups excluding carboxylic acids is 1. The molecule has 0 unspecified atom stereocenters. The van der Waals surface area contributed by atoms with Gasteiger partial charge in [0.05, 0.1) is 12.0 Å². The van der Waals surface area contributed by atoms with Gasteiger partial charge in [0.1, 0.15) is 5.58 Å². The fourth-order valence-electron chi connectivity index (χ4n) is 1.54. The van der Waals surface area contributed by atoms with Gasteiger partial charge in [0.15, 0.2) is 0 Å². The number of furan rings is 1. The quantitative estimate of drug-likeness (QED) is 0.749. The van der Waals surface area contributed by atoms with Gasteiger partial charge in [-0.15, -0.1) is 0 Å². The molecule has 3 heteroatoms. The van der Waals surface area contributed by atoms with E-state index in [0.717, 1.165) is 22.2 Å². The number of rotatable bonds is 1. The number of aryl methyl sites for hydroxylation is 1. The smallest absolute Gasteiger partial charge is 0.221 e. The van der Waals surface area contributed by atoms with E-state index in [4.69, 9.17) is 4.42 Å². The summed E-state index contributed by atoms with van der Waals surface area (Å²) >= 11 is 0. The Bertz CT molecular complexity index is 485. The minimum atomic E-state index is -0.0712. The van der Waals surface area contributed by atoms with E-state index in [2.05, 4.69) is 5.32 Å². The maximum atomic E-state index is 10.9. The molecule has 14 heavy (non-hydrogen) atoms. The molecule has 1 aromatic heterocycles. The molecular weight excluding hydrogens is 178 g/mol. The molecule has 0 fully saturated rings. The summed E-state index contributed by atoms with van der Waals surface area (Å²) in [6, 6.07) is 5.61. The highest BCUT2D eigenvalue weighted by molar-refractivity contribution is 6.01. The first-order valence-electron chi connectivity index (χ1n) is 4.43. The van der Waals surface area contributed by atoms with Gasteiger partial charge in [-0.2, -0.15) is 0 Å². The second-order valence-electron chi connectivity index (χ2n) is 3.28. The molecule has 1 heterocycles. The maximum Gasteiger partial charge on any atom is 0.221 e. The van der Waals surface area contributed by atoms with Crippen LogP contribution < -0.4 is 5.32 Å². The van der Waals surface area contributed by atoms with Crippen LogP contribution in [0.25, 0.3) is 11.0 Å². The van der Waals surface area contributed by atoms with Crippen molar-refractivity contribution in [3.63, 3.8) is 0 Å². The number of nitrogens with one attached hydrogen (secondary N) is 1. The average molecular weight is 189 g/mol. The molecule has 2 rings (SSSR count). The number of carbonyl (C=O) groups is 1. The molecule has 0 radical (unpaired) electrons. The highest BCUT2D eigenvalue weighted by atomic mass is 16.3. The van der Waals surface area contributed by atoms with Crippen LogP contribution in [0, 0.1) is 6.92 Å². The molecule has 0 aliphatic carbocycles. The normalized spacial score (nSPS) is 10.4. The first-order chi connectivity index (χ1) is 6.68. The molecule has 3 nitrogen and oxygen atoms in total. The van der Waals surface area contributed by atoms with Crippen LogP contribution in [0.5, 0.6) is 0 Å². The molecule has 0 spiro atoms. The zero-order valence-corrected chi connectivity index (χ0v) is 8.13. The van der Waals surface area contributed by atoms with Gasteiger partial charge in [0.2, 0.25) is 5.91 Å². The van der Waals surface area contributed by atoms with E-state index in [-0.39, 0.29) is 5.91 Å². The van der Waals surface area contributed by atoms with Gasteiger partial charge in [0, 0.05) is 12.3 Å². The highest BCUT2D eigenvalue weighted by Gasteiger charge is 2.07. The van der Waals surface area contributed by atoms with E-state index in [9.17, 15) is 4.79 Å². The molecule has 2 aromatic rings. The van der Waals surface area contributed by atoms with Crippen molar-refractivity contribution in [3.05, 3.63) is 30.0 Å². The van der Waals surface area contributed by atoms with Crippen LogP contribution in [0.4, 0.5) is 5.69 Å². The standard InChI is InChI=1S/C11H11NO2/c1-7-6-14-10-5-3-4-9(11(7)10)12-8(2)13/h3-6H,1-2H3,(H,12,13). The first-order valence-corrected chi connectivity index (χ1v) is 4.43. The summed E-state index contributed by atoms with van der Waals surface area (Å²) in [6.07, 6.45) is 1.69. The van der Waals surface area contributed by atoms with Crippen molar-refractivity contribution < 1.29 is 9.21 Å². The van der Waals surface area contributed by atoms with Gasteiger partial charge in [-0.1, -0.05) is 6.07 Å². The van der Waals surface area contributed by atoms with Crippen LogP contribution >= 0.6 is 0 Å². The lowest BCUT2D eigenvalue weighted by Gasteiger charge is -2.03. The lowest BCUT2D eigenvalue weighted by Crippen LogP contribution is -2.05. The van der Waals surface area contributed by atoms with Crippen molar-refractivity contribution in [2.45, 2.75) is 13.8 Å². The van der Waals surface area contributed by atoms with Crippen molar-refractivity contribution >= 4 is 22.6 Å². The fraction of sp³-hybridized carbons (Fsp3) is 0.182. The monoisotopic (exact) mass is 189 g/mol. The van der Waals surface area contributed by atoms with E-state index in [1.165, 1.54) is 6.92 Å². The maximum absolute atomic E-state index is 10.9. The number of benzene rings is 1. The van der Waals surface area contributed by atoms with Gasteiger partial charge in [-0.05, 0) is 24.6 Å². The number of hydrogen-bond donors (Lipinski definition) is 1. The van der Waals surface area contributed by atoms with Crippen LogP contribution in [0.1, 0.15) is 12.5 Å². The first kappa shape index (κ1) is 8.81. The third-order valence-corrected chi connectivity index (χ3v) is 2.09. The Labute approximate surface area is 81.7 Å². The van der Waals surface area contributed by atoms with Crippen molar-refractivity contribution in [1.29, 1.82) is 0 Å². The van der Waals surface area contributed by atoms with Crippen molar-refractivity contribution in [2.75, 3.05) is 5.32 Å². The molecular formula is C11H11NO2. The second kappa shape index (κ2) is 3.18. The Morgan fingerprint density at radius 1 is 1.43 bits per heavy atom. The molecule has 1 N–H and O–H groups in total. The Kier molecular flexibility index (Phi) is 2.00. The van der Waals surface area contributed by atoms with Crippen molar-refractivity contribution in [3.8, 4) is 0 Å². The summed E-state index contributed by atoms with van der Waals surface area (Å²) in [5.41, 5.74) is 2.64. The van der Waals surface area contributed by atoms with Crippen LogP contribution in [0.3, 0.4) is 0 Å². The van der Waals surface area contributed by atoms with E-state index in [1.807, 2.05) is 25.1 Å². The molecule has 1 amide bonds. The zero-order chi connectivity index (χ0) is 10.1. The molecule has 0 aliphatic heterocycles. The van der Waals surface area contributed by atoms with Crippen LogP contribution in [0.2, 0.25) is 0 Å². The second-order valence-corrected chi connectivity index (χ2v) is 3.28. The third kappa shape index (κ3) is 1.37. The highest BCUT2D eigenvalue weighted by Crippen LogP contribution is 2.27. The van der Waals surface area contributed by atoms with Crippen molar-refractivity contribution in [2.24, 2.45) is 0 Å². The topological polar surface area (TPSA) is 42.2 Å². The Balaban J connectivity index is 2.63. The van der Waals surface area contributed by atoms with E-state index < -0.39 is 0 Å². The predicted molar refractivity (Wildman–Crippen MR) is 55.3 cm³/mol. The van der Waals surface area contributed by atoms with E-state index in [1.54, 1.807) is 6.26 Å². The van der Waals surface area contributed by atoms with Gasteiger partial charge < -0.3 is 9.73 Å². The molecule has 0 saturated carbocycles. The van der Waals surface area contributed by atoms with Gasteiger partial charge in [0.25, 0.3) is 0 Å². The largest absolute Gasteiger partial charge is 0.464 e. The van der Waals surface area contributed by atoms with Gasteiger partial charge >= 0.3 is 0 Å². The summed E-state index contributed by atoms with van der Waals surface area (Å²) in [6.45, 7) is 3.45.